The highest BCUT2D eigenvalue weighted by atomic mass is 32.2. The van der Waals surface area contributed by atoms with Gasteiger partial charge < -0.3 is 15.3 Å². The van der Waals surface area contributed by atoms with Crippen molar-refractivity contribution in [3.63, 3.8) is 0 Å². The van der Waals surface area contributed by atoms with Gasteiger partial charge in [0.05, 0.1) is 21.4 Å². The molecule has 0 saturated carbocycles. The smallest absolute Gasteiger partial charge is 0.303 e. The average Bonchev–Trinajstić information content (AvgIpc) is 3.02. The summed E-state index contributed by atoms with van der Waals surface area (Å²) >= 11 is 0. The number of nitrogens with one attached hydrogen (secondary N) is 1. The van der Waals surface area contributed by atoms with E-state index in [0.717, 1.165) is 44.5 Å². The van der Waals surface area contributed by atoms with Crippen molar-refractivity contribution in [1.29, 1.82) is 0 Å². The Morgan fingerprint density at radius 2 is 1.36 bits per heavy atom. The molecule has 232 valence electrons. The highest BCUT2D eigenvalue weighted by molar-refractivity contribution is 7.85. The van der Waals surface area contributed by atoms with Crippen LogP contribution in [0.25, 0.3) is 0 Å². The minimum Gasteiger partial charge on any atom is -0.481 e. The zero-order chi connectivity index (χ0) is 31.3. The van der Waals surface area contributed by atoms with Crippen molar-refractivity contribution < 1.29 is 14.1 Å². The van der Waals surface area contributed by atoms with E-state index in [-0.39, 0.29) is 6.42 Å². The average molecular weight is 611 g/mol. The maximum Gasteiger partial charge on any atom is 0.303 e. The molecule has 1 atom stereocenters. The SMILES string of the molecule is CCCc1ccc(CN(Cc2ccc(CCC)cc2)c2ccc(CNc3ccccc3S(=O)CCCC(=O)O)c(C)c2)cc1. The largest absolute Gasteiger partial charge is 0.481 e. The summed E-state index contributed by atoms with van der Waals surface area (Å²) in [5.74, 6) is -0.530. The highest BCUT2D eigenvalue weighted by Gasteiger charge is 2.13. The predicted octanol–water partition coefficient (Wildman–Crippen LogP) is 8.69. The molecule has 4 aromatic carbocycles. The molecule has 2 N–H and O–H groups in total. The fraction of sp³-hybridized carbons (Fsp3) is 0.342. The maximum absolute atomic E-state index is 12.9. The number of anilines is 2. The third-order valence-electron chi connectivity index (χ3n) is 7.88. The second-order valence-corrected chi connectivity index (χ2v) is 13.0. The standard InChI is InChI=1S/C38H46N2O3S/c1-4-9-30-14-18-32(19-15-30)27-40(28-33-20-16-31(10-5-2)17-21-33)35-23-22-34(29(3)25-35)26-39-36-11-6-7-12-37(36)44(43)24-8-13-38(41)42/h6-7,11-12,14-23,25,39H,4-5,8-10,13,24,26-28H2,1-3H3,(H,41,42). The predicted molar refractivity (Wildman–Crippen MR) is 184 cm³/mol. The summed E-state index contributed by atoms with van der Waals surface area (Å²) in [6.45, 7) is 8.82. The number of aryl methyl sites for hydroxylation is 3. The van der Waals surface area contributed by atoms with E-state index in [1.807, 2.05) is 24.3 Å². The van der Waals surface area contributed by atoms with E-state index >= 15 is 0 Å². The number of carboxylic acid groups (broad SMARTS) is 1. The van der Waals surface area contributed by atoms with Gasteiger partial charge in [-0.25, -0.2) is 0 Å². The lowest BCUT2D eigenvalue weighted by molar-refractivity contribution is -0.137. The number of benzene rings is 4. The van der Waals surface area contributed by atoms with E-state index in [1.54, 1.807) is 0 Å². The number of para-hydroxylation sites is 1. The number of rotatable bonds is 17. The molecular formula is C38H46N2O3S. The Morgan fingerprint density at radius 3 is 1.91 bits per heavy atom. The summed E-state index contributed by atoms with van der Waals surface area (Å²) in [7, 11) is -1.26. The Kier molecular flexibility index (Phi) is 12.6. The first-order valence-electron chi connectivity index (χ1n) is 15.8. The third-order valence-corrected chi connectivity index (χ3v) is 9.39. The van der Waals surface area contributed by atoms with E-state index in [9.17, 15) is 9.00 Å². The molecule has 0 aromatic heterocycles. The first-order chi connectivity index (χ1) is 21.4. The van der Waals surface area contributed by atoms with Crippen LogP contribution >= 0.6 is 0 Å². The van der Waals surface area contributed by atoms with Crippen molar-refractivity contribution in [2.45, 2.75) is 83.8 Å². The van der Waals surface area contributed by atoms with Crippen LogP contribution < -0.4 is 10.2 Å². The molecule has 0 aliphatic rings. The maximum atomic E-state index is 12.9. The lowest BCUT2D eigenvalue weighted by Crippen LogP contribution is -2.22. The molecule has 4 aromatic rings. The van der Waals surface area contributed by atoms with Gasteiger partial charge in [-0.3, -0.25) is 9.00 Å². The van der Waals surface area contributed by atoms with E-state index in [4.69, 9.17) is 5.11 Å². The van der Waals surface area contributed by atoms with E-state index in [0.29, 0.717) is 23.6 Å². The van der Waals surface area contributed by atoms with Crippen LogP contribution in [0.4, 0.5) is 11.4 Å². The van der Waals surface area contributed by atoms with Crippen molar-refractivity contribution in [2.75, 3.05) is 16.0 Å². The van der Waals surface area contributed by atoms with Crippen LogP contribution in [0.5, 0.6) is 0 Å². The van der Waals surface area contributed by atoms with Crippen LogP contribution in [0.3, 0.4) is 0 Å². The van der Waals surface area contributed by atoms with E-state index in [1.165, 1.54) is 39.1 Å². The van der Waals surface area contributed by atoms with Crippen LogP contribution in [-0.2, 0) is 48.1 Å². The summed E-state index contributed by atoms with van der Waals surface area (Å²) in [4.78, 5) is 14.0. The van der Waals surface area contributed by atoms with Crippen molar-refractivity contribution >= 4 is 28.1 Å². The molecule has 0 heterocycles. The van der Waals surface area contributed by atoms with Gasteiger partial charge in [-0.1, -0.05) is 93.4 Å². The summed E-state index contributed by atoms with van der Waals surface area (Å²) in [5.41, 5.74) is 9.73. The third kappa shape index (κ3) is 9.81. The Morgan fingerprint density at radius 1 is 0.795 bits per heavy atom. The van der Waals surface area contributed by atoms with Crippen molar-refractivity contribution in [2.24, 2.45) is 0 Å². The van der Waals surface area contributed by atoms with E-state index < -0.39 is 16.8 Å². The molecule has 0 amide bonds. The van der Waals surface area contributed by atoms with Gasteiger partial charge in [0.25, 0.3) is 0 Å². The monoisotopic (exact) mass is 610 g/mol. The molecule has 0 aliphatic heterocycles. The molecule has 0 spiro atoms. The van der Waals surface area contributed by atoms with Gasteiger partial charge >= 0.3 is 5.97 Å². The summed E-state index contributed by atoms with van der Waals surface area (Å²) in [6.07, 6.45) is 4.92. The molecule has 0 aliphatic carbocycles. The Labute approximate surface area is 265 Å². The minimum absolute atomic E-state index is 0.0260. The van der Waals surface area contributed by atoms with Crippen LogP contribution in [0.15, 0.2) is 95.9 Å². The molecule has 6 heteroatoms. The number of nitrogens with zero attached hydrogens (tertiary/aromatic N) is 1. The molecule has 1 unspecified atom stereocenters. The lowest BCUT2D eigenvalue weighted by Gasteiger charge is -2.26. The zero-order valence-electron chi connectivity index (χ0n) is 26.4. The molecule has 0 fully saturated rings. The number of carboxylic acids is 1. The van der Waals surface area contributed by atoms with Gasteiger partial charge in [-0.05, 0) is 83.8 Å². The normalized spacial score (nSPS) is 11.7. The van der Waals surface area contributed by atoms with Gasteiger partial charge in [0.15, 0.2) is 0 Å². The van der Waals surface area contributed by atoms with E-state index in [2.05, 4.69) is 97.7 Å². The Bertz CT molecular complexity index is 1460. The van der Waals surface area contributed by atoms with Crippen LogP contribution in [0.1, 0.15) is 72.9 Å². The van der Waals surface area contributed by atoms with Crippen molar-refractivity contribution in [3.8, 4) is 0 Å². The number of carbonyl (C=O) groups is 1. The summed E-state index contributed by atoms with van der Waals surface area (Å²) in [6, 6.07) is 32.3. The molecular weight excluding hydrogens is 564 g/mol. The molecule has 4 rings (SSSR count). The molecule has 5 nitrogen and oxygen atoms in total. The van der Waals surface area contributed by atoms with Gasteiger partial charge in [-0.2, -0.15) is 0 Å². The number of hydrogen-bond donors (Lipinski definition) is 2. The molecule has 0 bridgehead atoms. The van der Waals surface area contributed by atoms with Crippen molar-refractivity contribution in [1.82, 2.24) is 0 Å². The van der Waals surface area contributed by atoms with Crippen LogP contribution in [0, 0.1) is 6.92 Å². The quantitative estimate of drug-likeness (QED) is 0.125. The molecule has 0 saturated heterocycles. The summed E-state index contributed by atoms with van der Waals surface area (Å²) < 4.78 is 12.9. The fourth-order valence-corrected chi connectivity index (χ4v) is 6.66. The first kappa shape index (κ1) is 33.0. The van der Waals surface area contributed by atoms with Crippen LogP contribution in [-0.4, -0.2) is 21.0 Å². The van der Waals surface area contributed by atoms with Gasteiger partial charge in [0.1, 0.15) is 0 Å². The van der Waals surface area contributed by atoms with Gasteiger partial charge in [0, 0.05) is 37.5 Å². The minimum atomic E-state index is -1.26. The fourth-order valence-electron chi connectivity index (χ4n) is 5.42. The lowest BCUT2D eigenvalue weighted by atomic mass is 10.0. The zero-order valence-corrected chi connectivity index (χ0v) is 27.2. The topological polar surface area (TPSA) is 69.6 Å². The highest BCUT2D eigenvalue weighted by Crippen LogP contribution is 2.26. The Balaban J connectivity index is 1.50. The molecule has 0 radical (unpaired) electrons. The number of aliphatic carboxylic acids is 1. The van der Waals surface area contributed by atoms with Gasteiger partial charge in [0.2, 0.25) is 0 Å². The van der Waals surface area contributed by atoms with Gasteiger partial charge in [-0.15, -0.1) is 0 Å². The first-order valence-corrected chi connectivity index (χ1v) is 17.1. The summed E-state index contributed by atoms with van der Waals surface area (Å²) in [5, 5.41) is 12.4. The van der Waals surface area contributed by atoms with Crippen LogP contribution in [0.2, 0.25) is 0 Å². The Hall–Kier alpha value is -3.90. The molecule has 44 heavy (non-hydrogen) atoms. The second kappa shape index (κ2) is 16.8. The van der Waals surface area contributed by atoms with Crippen molar-refractivity contribution in [3.05, 3.63) is 124 Å². The number of hydrogen-bond acceptors (Lipinski definition) is 4. The second-order valence-electron chi connectivity index (χ2n) is 11.5.